The number of rotatable bonds is 12. The van der Waals surface area contributed by atoms with Gasteiger partial charge in [-0.2, -0.15) is 0 Å². The van der Waals surface area contributed by atoms with Crippen LogP contribution in [-0.2, 0) is 0 Å². The van der Waals surface area contributed by atoms with Gasteiger partial charge in [0.1, 0.15) is 17.1 Å². The molecule has 1 heterocycles. The SMILES string of the molecule is CC(N)=C(C=NCC1CC1)CN/C(=C\C(=N)Cl)c1ccc(F)cc1[C@@H](C)Oc1cc(Br)cnc1NO. The normalized spacial score (nSPS) is 15.4. The van der Waals surface area contributed by atoms with Crippen LogP contribution in [0.15, 0.2) is 57.3 Å². The molecule has 0 aliphatic heterocycles. The van der Waals surface area contributed by atoms with Gasteiger partial charge in [-0.1, -0.05) is 11.6 Å². The van der Waals surface area contributed by atoms with Gasteiger partial charge in [0.05, 0.1) is 0 Å². The molecule has 1 atom stereocenters. The molecular formula is C25H29BrClFN6O2. The first kappa shape index (κ1) is 27.6. The molecular weight excluding hydrogens is 551 g/mol. The lowest BCUT2D eigenvalue weighted by Crippen LogP contribution is -2.21. The highest BCUT2D eigenvalue weighted by Gasteiger charge is 2.21. The fourth-order valence-electron chi connectivity index (χ4n) is 3.40. The number of aliphatic imine (C=N–C) groups is 1. The number of nitrogens with zero attached hydrogens (tertiary/aromatic N) is 2. The molecule has 1 fully saturated rings. The number of aromatic nitrogens is 1. The highest BCUT2D eigenvalue weighted by atomic mass is 79.9. The predicted octanol–water partition coefficient (Wildman–Crippen LogP) is 5.78. The summed E-state index contributed by atoms with van der Waals surface area (Å²) in [5.41, 5.74) is 11.1. The molecule has 1 aliphatic carbocycles. The van der Waals surface area contributed by atoms with Crippen LogP contribution in [0.4, 0.5) is 10.2 Å². The third-order valence-corrected chi connectivity index (χ3v) is 6.07. The summed E-state index contributed by atoms with van der Waals surface area (Å²) in [6, 6.07) is 5.90. The van der Waals surface area contributed by atoms with Crippen LogP contribution in [0.2, 0.25) is 0 Å². The highest BCUT2D eigenvalue weighted by Crippen LogP contribution is 2.33. The number of ether oxygens (including phenoxy) is 1. The Hall–Kier alpha value is -2.95. The number of allylic oxidation sites excluding steroid dienone is 2. The van der Waals surface area contributed by atoms with Gasteiger partial charge in [-0.3, -0.25) is 15.6 Å². The van der Waals surface area contributed by atoms with Crippen LogP contribution in [0, 0.1) is 17.1 Å². The van der Waals surface area contributed by atoms with Gasteiger partial charge in [0, 0.05) is 58.1 Å². The molecule has 0 saturated heterocycles. The Labute approximate surface area is 223 Å². The number of pyridine rings is 1. The first-order chi connectivity index (χ1) is 17.2. The van der Waals surface area contributed by atoms with Crippen molar-refractivity contribution in [3.63, 3.8) is 0 Å². The van der Waals surface area contributed by atoms with Crippen molar-refractivity contribution in [3.8, 4) is 5.75 Å². The monoisotopic (exact) mass is 578 g/mol. The van der Waals surface area contributed by atoms with Gasteiger partial charge < -0.3 is 15.8 Å². The average molecular weight is 580 g/mol. The Balaban J connectivity index is 1.89. The van der Waals surface area contributed by atoms with Gasteiger partial charge in [0.25, 0.3) is 0 Å². The van der Waals surface area contributed by atoms with E-state index in [4.69, 9.17) is 27.5 Å². The number of anilines is 1. The summed E-state index contributed by atoms with van der Waals surface area (Å²) in [6.45, 7) is 4.64. The first-order valence-electron chi connectivity index (χ1n) is 11.3. The van der Waals surface area contributed by atoms with Crippen LogP contribution >= 0.6 is 27.5 Å². The number of hydrogen-bond donors (Lipinski definition) is 5. The number of hydrogen-bond acceptors (Lipinski definition) is 8. The quantitative estimate of drug-likeness (QED) is 0.160. The van der Waals surface area contributed by atoms with E-state index >= 15 is 0 Å². The molecule has 3 rings (SSSR count). The highest BCUT2D eigenvalue weighted by molar-refractivity contribution is 9.10. The molecule has 0 unspecified atom stereocenters. The Bertz CT molecular complexity index is 1200. The molecule has 8 nitrogen and oxygen atoms in total. The molecule has 0 spiro atoms. The molecule has 1 aromatic carbocycles. The summed E-state index contributed by atoms with van der Waals surface area (Å²) >= 11 is 9.25. The number of nitrogens with one attached hydrogen (secondary N) is 3. The van der Waals surface area contributed by atoms with E-state index in [0.29, 0.717) is 39.5 Å². The molecule has 1 saturated carbocycles. The fraction of sp³-hybridized carbons (Fsp3) is 0.320. The van der Waals surface area contributed by atoms with Crippen molar-refractivity contribution in [2.24, 2.45) is 16.6 Å². The minimum Gasteiger partial charge on any atom is -0.482 e. The van der Waals surface area contributed by atoms with Gasteiger partial charge in [0.15, 0.2) is 11.6 Å². The van der Waals surface area contributed by atoms with Crippen molar-refractivity contribution < 1.29 is 14.3 Å². The first-order valence-corrected chi connectivity index (χ1v) is 12.5. The minimum atomic E-state index is -0.667. The standard InChI is InChI=1S/C25H29BrClFN6O2/c1-14(29)17(11-31-10-16-3-4-16)12-32-22(9-24(27)30)20-6-5-19(28)8-21(20)15(2)36-23-7-18(26)13-33-25(23)34-35/h5-9,11,13,15-16,30,32,35H,3-4,10,12,29H2,1-2H3,(H,33,34)/b17-14?,22-9-,30-24?,31-11?/t15-/m1/s1. The zero-order valence-electron chi connectivity index (χ0n) is 20.0. The molecule has 36 heavy (non-hydrogen) atoms. The topological polar surface area (TPSA) is 129 Å². The van der Waals surface area contributed by atoms with Gasteiger partial charge in [-0.05, 0) is 78.9 Å². The molecule has 6 N–H and O–H groups in total. The van der Waals surface area contributed by atoms with Gasteiger partial charge in [-0.15, -0.1) is 0 Å². The molecule has 11 heteroatoms. The molecule has 1 aliphatic rings. The lowest BCUT2D eigenvalue weighted by molar-refractivity contribution is 0.224. The molecule has 1 aromatic heterocycles. The molecule has 0 radical (unpaired) electrons. The van der Waals surface area contributed by atoms with E-state index in [-0.39, 0.29) is 16.7 Å². The van der Waals surface area contributed by atoms with Crippen LogP contribution in [-0.4, -0.2) is 34.7 Å². The summed E-state index contributed by atoms with van der Waals surface area (Å²) in [6.07, 6.45) is 6.46. The lowest BCUT2D eigenvalue weighted by Gasteiger charge is -2.22. The second-order valence-electron chi connectivity index (χ2n) is 8.51. The molecule has 0 amide bonds. The van der Waals surface area contributed by atoms with E-state index in [1.54, 1.807) is 32.2 Å². The van der Waals surface area contributed by atoms with Gasteiger partial charge in [0.2, 0.25) is 0 Å². The fourth-order valence-corrected chi connectivity index (χ4v) is 3.82. The van der Waals surface area contributed by atoms with E-state index in [1.807, 2.05) is 5.48 Å². The molecule has 2 aromatic rings. The van der Waals surface area contributed by atoms with Crippen LogP contribution < -0.4 is 21.3 Å². The zero-order chi connectivity index (χ0) is 26.2. The van der Waals surface area contributed by atoms with Gasteiger partial charge >= 0.3 is 0 Å². The van der Waals surface area contributed by atoms with Crippen LogP contribution in [0.25, 0.3) is 5.70 Å². The lowest BCUT2D eigenvalue weighted by atomic mass is 9.99. The third-order valence-electron chi connectivity index (χ3n) is 5.53. The average Bonchev–Trinajstić information content (AvgIpc) is 3.64. The zero-order valence-corrected chi connectivity index (χ0v) is 22.3. The number of halogens is 3. The van der Waals surface area contributed by atoms with Crippen molar-refractivity contribution in [2.45, 2.75) is 32.8 Å². The van der Waals surface area contributed by atoms with Crippen molar-refractivity contribution >= 4 is 50.4 Å². The number of nitrogens with two attached hydrogens (primary N) is 1. The van der Waals surface area contributed by atoms with E-state index < -0.39 is 11.9 Å². The molecule has 192 valence electrons. The minimum absolute atomic E-state index is 0.109. The van der Waals surface area contributed by atoms with Crippen molar-refractivity contribution in [1.82, 2.24) is 10.3 Å². The summed E-state index contributed by atoms with van der Waals surface area (Å²) < 4.78 is 21.0. The Kier molecular flexibility index (Phi) is 9.86. The van der Waals surface area contributed by atoms with Crippen molar-refractivity contribution in [1.29, 1.82) is 5.41 Å². The van der Waals surface area contributed by atoms with Crippen molar-refractivity contribution in [2.75, 3.05) is 18.6 Å². The van der Waals surface area contributed by atoms with E-state index in [0.717, 1.165) is 12.1 Å². The van der Waals surface area contributed by atoms with E-state index in [2.05, 4.69) is 31.2 Å². The predicted molar refractivity (Wildman–Crippen MR) is 145 cm³/mol. The van der Waals surface area contributed by atoms with Crippen LogP contribution in [0.5, 0.6) is 5.75 Å². The van der Waals surface area contributed by atoms with E-state index in [1.165, 1.54) is 37.2 Å². The second kappa shape index (κ2) is 12.8. The maximum atomic E-state index is 14.3. The third kappa shape index (κ3) is 8.04. The largest absolute Gasteiger partial charge is 0.482 e. The van der Waals surface area contributed by atoms with Gasteiger partial charge in [-0.25, -0.2) is 14.9 Å². The summed E-state index contributed by atoms with van der Waals surface area (Å²) in [4.78, 5) is 8.55. The Morgan fingerprint density at radius 2 is 2.19 bits per heavy atom. The smallest absolute Gasteiger partial charge is 0.192 e. The summed E-state index contributed by atoms with van der Waals surface area (Å²) in [5.74, 6) is 0.570. The van der Waals surface area contributed by atoms with Crippen LogP contribution in [0.1, 0.15) is 43.9 Å². The van der Waals surface area contributed by atoms with Crippen LogP contribution in [0.3, 0.4) is 0 Å². The Morgan fingerprint density at radius 3 is 2.83 bits per heavy atom. The Morgan fingerprint density at radius 1 is 1.44 bits per heavy atom. The summed E-state index contributed by atoms with van der Waals surface area (Å²) in [7, 11) is 0. The molecule has 0 bridgehead atoms. The maximum absolute atomic E-state index is 14.3. The maximum Gasteiger partial charge on any atom is 0.192 e. The van der Waals surface area contributed by atoms with E-state index in [9.17, 15) is 9.60 Å². The second-order valence-corrected chi connectivity index (χ2v) is 9.83. The summed E-state index contributed by atoms with van der Waals surface area (Å²) in [5, 5.41) is 20.3. The number of benzene rings is 1. The van der Waals surface area contributed by atoms with Crippen molar-refractivity contribution in [3.05, 3.63) is 69.2 Å².